The molecule has 1 aromatic heterocycles. The van der Waals surface area contributed by atoms with E-state index in [0.29, 0.717) is 12.6 Å². The number of carbonyl (C=O) groups is 1. The summed E-state index contributed by atoms with van der Waals surface area (Å²) in [6.07, 6.45) is 0.900. The Hall–Kier alpha value is -0.870. The summed E-state index contributed by atoms with van der Waals surface area (Å²) in [5.74, 6) is 0.0661. The Balaban J connectivity index is 2.23. The molecule has 0 spiro atoms. The predicted molar refractivity (Wildman–Crippen MR) is 68.8 cm³/mol. The van der Waals surface area contributed by atoms with Crippen LogP contribution in [0.3, 0.4) is 0 Å². The van der Waals surface area contributed by atoms with Gasteiger partial charge in [-0.2, -0.15) is 11.3 Å². The second kappa shape index (κ2) is 6.66. The van der Waals surface area contributed by atoms with E-state index in [1.807, 2.05) is 20.8 Å². The van der Waals surface area contributed by atoms with Gasteiger partial charge in [-0.15, -0.1) is 0 Å². The first-order valence-electron chi connectivity index (χ1n) is 5.61. The molecule has 1 amide bonds. The van der Waals surface area contributed by atoms with Gasteiger partial charge in [0.2, 0.25) is 5.91 Å². The summed E-state index contributed by atoms with van der Waals surface area (Å²) >= 11 is 1.69. The van der Waals surface area contributed by atoms with Crippen molar-refractivity contribution in [3.8, 4) is 0 Å². The summed E-state index contributed by atoms with van der Waals surface area (Å²) in [5.41, 5.74) is 1.29. The maximum atomic E-state index is 11.5. The molecule has 0 aliphatic heterocycles. The van der Waals surface area contributed by atoms with Crippen LogP contribution in [0.25, 0.3) is 0 Å². The highest BCUT2D eigenvalue weighted by molar-refractivity contribution is 7.07. The predicted octanol–water partition coefficient (Wildman–Crippen LogP) is 1.79. The van der Waals surface area contributed by atoms with Gasteiger partial charge >= 0.3 is 0 Å². The fourth-order valence-corrected chi connectivity index (χ4v) is 2.12. The maximum Gasteiger partial charge on any atom is 0.234 e. The van der Waals surface area contributed by atoms with E-state index in [2.05, 4.69) is 27.5 Å². The fraction of sp³-hybridized carbons (Fsp3) is 0.583. The van der Waals surface area contributed by atoms with Crippen LogP contribution in [0.2, 0.25) is 0 Å². The van der Waals surface area contributed by atoms with Gasteiger partial charge in [0.05, 0.1) is 6.54 Å². The van der Waals surface area contributed by atoms with Gasteiger partial charge in [-0.25, -0.2) is 0 Å². The highest BCUT2D eigenvalue weighted by Crippen LogP contribution is 2.08. The minimum absolute atomic E-state index is 0.0661. The summed E-state index contributed by atoms with van der Waals surface area (Å²) < 4.78 is 0. The monoisotopic (exact) mass is 240 g/mol. The Morgan fingerprint density at radius 3 is 2.75 bits per heavy atom. The lowest BCUT2D eigenvalue weighted by Gasteiger charge is -2.14. The zero-order valence-electron chi connectivity index (χ0n) is 10.1. The van der Waals surface area contributed by atoms with Crippen molar-refractivity contribution >= 4 is 17.2 Å². The van der Waals surface area contributed by atoms with E-state index in [9.17, 15) is 4.79 Å². The fourth-order valence-electron chi connectivity index (χ4n) is 1.44. The van der Waals surface area contributed by atoms with Crippen molar-refractivity contribution in [3.63, 3.8) is 0 Å². The quantitative estimate of drug-likeness (QED) is 0.796. The lowest BCUT2D eigenvalue weighted by atomic mass is 10.1. The lowest BCUT2D eigenvalue weighted by molar-refractivity contribution is -0.120. The number of hydrogen-bond acceptors (Lipinski definition) is 3. The molecule has 16 heavy (non-hydrogen) atoms. The van der Waals surface area contributed by atoms with Gasteiger partial charge in [-0.05, 0) is 35.7 Å². The number of hydrogen-bond donors (Lipinski definition) is 2. The van der Waals surface area contributed by atoms with Crippen molar-refractivity contribution in [2.75, 3.05) is 6.54 Å². The van der Waals surface area contributed by atoms with E-state index in [0.717, 1.165) is 6.42 Å². The Morgan fingerprint density at radius 2 is 2.19 bits per heavy atom. The summed E-state index contributed by atoms with van der Waals surface area (Å²) in [6, 6.07) is 2.63. The van der Waals surface area contributed by atoms with Gasteiger partial charge < -0.3 is 10.6 Å². The van der Waals surface area contributed by atoms with E-state index < -0.39 is 0 Å². The Bertz CT molecular complexity index is 309. The molecular weight excluding hydrogens is 220 g/mol. The van der Waals surface area contributed by atoms with Crippen LogP contribution in [0.1, 0.15) is 26.3 Å². The van der Waals surface area contributed by atoms with Gasteiger partial charge in [-0.1, -0.05) is 13.8 Å². The van der Waals surface area contributed by atoms with Crippen LogP contribution >= 0.6 is 11.3 Å². The van der Waals surface area contributed by atoms with Gasteiger partial charge in [0.15, 0.2) is 0 Å². The van der Waals surface area contributed by atoms with Crippen molar-refractivity contribution in [1.29, 1.82) is 0 Å². The number of thiophene rings is 1. The molecule has 0 aliphatic rings. The highest BCUT2D eigenvalue weighted by Gasteiger charge is 2.08. The van der Waals surface area contributed by atoms with E-state index >= 15 is 0 Å². The number of rotatable bonds is 6. The number of amides is 1. The third-order valence-corrected chi connectivity index (χ3v) is 2.93. The molecule has 1 aromatic rings. The molecule has 1 rings (SSSR count). The Morgan fingerprint density at radius 1 is 1.44 bits per heavy atom. The molecule has 2 N–H and O–H groups in total. The van der Waals surface area contributed by atoms with E-state index in [1.165, 1.54) is 5.56 Å². The summed E-state index contributed by atoms with van der Waals surface area (Å²) in [4.78, 5) is 11.5. The summed E-state index contributed by atoms with van der Waals surface area (Å²) in [7, 11) is 0. The SMILES string of the molecule is CC(C)NCC(=O)NC(C)Cc1ccsc1. The average Bonchev–Trinajstić information content (AvgIpc) is 2.67. The molecular formula is C12H20N2OS. The third-order valence-electron chi connectivity index (χ3n) is 2.20. The third kappa shape index (κ3) is 5.28. The van der Waals surface area contributed by atoms with Crippen molar-refractivity contribution in [2.45, 2.75) is 39.3 Å². The van der Waals surface area contributed by atoms with Gasteiger partial charge in [-0.3, -0.25) is 4.79 Å². The van der Waals surface area contributed by atoms with Crippen LogP contribution in [0.4, 0.5) is 0 Å². The molecule has 1 atom stereocenters. The lowest BCUT2D eigenvalue weighted by Crippen LogP contribution is -2.41. The summed E-state index contributed by atoms with van der Waals surface area (Å²) in [5, 5.41) is 10.3. The van der Waals surface area contributed by atoms with E-state index in [1.54, 1.807) is 11.3 Å². The smallest absolute Gasteiger partial charge is 0.234 e. The zero-order valence-corrected chi connectivity index (χ0v) is 10.9. The topological polar surface area (TPSA) is 41.1 Å². The minimum atomic E-state index is 0.0661. The molecule has 90 valence electrons. The molecule has 0 saturated carbocycles. The van der Waals surface area contributed by atoms with Gasteiger partial charge in [0.1, 0.15) is 0 Å². The van der Waals surface area contributed by atoms with Crippen molar-refractivity contribution in [1.82, 2.24) is 10.6 Å². The first-order chi connectivity index (χ1) is 7.58. The van der Waals surface area contributed by atoms with E-state index in [4.69, 9.17) is 0 Å². The largest absolute Gasteiger partial charge is 0.352 e. The second-order valence-electron chi connectivity index (χ2n) is 4.34. The Kier molecular flexibility index (Phi) is 5.49. The molecule has 4 heteroatoms. The summed E-state index contributed by atoms with van der Waals surface area (Å²) in [6.45, 7) is 6.49. The molecule has 0 aliphatic carbocycles. The molecule has 1 heterocycles. The number of carbonyl (C=O) groups excluding carboxylic acids is 1. The van der Waals surface area contributed by atoms with Gasteiger partial charge in [0.25, 0.3) is 0 Å². The molecule has 1 unspecified atom stereocenters. The standard InChI is InChI=1S/C12H20N2OS/c1-9(2)13-7-12(15)14-10(3)6-11-4-5-16-8-11/h4-5,8-10,13H,6-7H2,1-3H3,(H,14,15). The van der Waals surface area contributed by atoms with Gasteiger partial charge in [0, 0.05) is 12.1 Å². The van der Waals surface area contributed by atoms with Crippen LogP contribution in [-0.2, 0) is 11.2 Å². The van der Waals surface area contributed by atoms with Crippen molar-refractivity contribution in [3.05, 3.63) is 22.4 Å². The Labute approximate surface area is 101 Å². The average molecular weight is 240 g/mol. The van der Waals surface area contributed by atoms with Crippen LogP contribution in [-0.4, -0.2) is 24.5 Å². The zero-order chi connectivity index (χ0) is 12.0. The van der Waals surface area contributed by atoms with Crippen molar-refractivity contribution in [2.24, 2.45) is 0 Å². The van der Waals surface area contributed by atoms with E-state index in [-0.39, 0.29) is 11.9 Å². The first kappa shape index (κ1) is 13.2. The van der Waals surface area contributed by atoms with Crippen LogP contribution < -0.4 is 10.6 Å². The molecule has 0 radical (unpaired) electrons. The molecule has 0 aromatic carbocycles. The number of nitrogens with one attached hydrogen (secondary N) is 2. The van der Waals surface area contributed by atoms with Crippen LogP contribution in [0.15, 0.2) is 16.8 Å². The first-order valence-corrected chi connectivity index (χ1v) is 6.56. The van der Waals surface area contributed by atoms with Crippen LogP contribution in [0.5, 0.6) is 0 Å². The van der Waals surface area contributed by atoms with Crippen molar-refractivity contribution < 1.29 is 4.79 Å². The molecule has 3 nitrogen and oxygen atoms in total. The van der Waals surface area contributed by atoms with Crippen LogP contribution in [0, 0.1) is 0 Å². The molecule has 0 saturated heterocycles. The second-order valence-corrected chi connectivity index (χ2v) is 5.12. The highest BCUT2D eigenvalue weighted by atomic mass is 32.1. The normalized spacial score (nSPS) is 12.8. The molecule has 0 fully saturated rings. The maximum absolute atomic E-state index is 11.5. The molecule has 0 bridgehead atoms. The minimum Gasteiger partial charge on any atom is -0.352 e.